The van der Waals surface area contributed by atoms with Crippen LogP contribution in [0.5, 0.6) is 0 Å². The minimum atomic E-state index is -1.47. The summed E-state index contributed by atoms with van der Waals surface area (Å²) < 4.78 is 171. The van der Waals surface area contributed by atoms with Gasteiger partial charge in [-0.2, -0.15) is 0 Å². The van der Waals surface area contributed by atoms with Crippen LogP contribution in [-0.4, -0.2) is 251 Å². The Kier molecular flexibility index (Phi) is 40.8. The summed E-state index contributed by atoms with van der Waals surface area (Å²) in [5.41, 5.74) is 10.2. The number of halogens is 12. The van der Waals surface area contributed by atoms with Crippen molar-refractivity contribution in [2.75, 3.05) is 170 Å². The molecule has 5 atom stereocenters. The number of carbonyl (C=O) groups excluding carboxylic acids is 6. The van der Waals surface area contributed by atoms with E-state index in [-0.39, 0.29) is 60.1 Å². The average Bonchev–Trinajstić information content (AvgIpc) is 1.21. The number of fused-ring (bicyclic) bond motifs is 2. The highest BCUT2D eigenvalue weighted by Crippen LogP contribution is 2.34. The van der Waals surface area contributed by atoms with Crippen LogP contribution in [-0.2, 0) is 20.8 Å². The van der Waals surface area contributed by atoms with Gasteiger partial charge in [0.2, 0.25) is 5.91 Å². The van der Waals surface area contributed by atoms with Crippen molar-refractivity contribution in [3.63, 3.8) is 0 Å². The van der Waals surface area contributed by atoms with Crippen molar-refractivity contribution in [2.45, 2.75) is 189 Å². The molecule has 0 saturated carbocycles. The quantitative estimate of drug-likeness (QED) is 0.0212. The summed E-state index contributed by atoms with van der Waals surface area (Å²) in [5.74, 6) is -13.1. The zero-order chi connectivity index (χ0) is 102. The van der Waals surface area contributed by atoms with E-state index in [1.807, 2.05) is 105 Å². The molecule has 7 amide bonds. The van der Waals surface area contributed by atoms with E-state index in [0.29, 0.717) is 151 Å². The van der Waals surface area contributed by atoms with Gasteiger partial charge in [0.05, 0.1) is 0 Å². The van der Waals surface area contributed by atoms with Crippen molar-refractivity contribution in [3.05, 3.63) is 190 Å². The molecule has 8 aliphatic heterocycles. The molecule has 2 aromatic heterocycles. The van der Waals surface area contributed by atoms with Crippen LogP contribution < -0.4 is 51.9 Å². The molecule has 16 rings (SSSR count). The lowest BCUT2D eigenvalue weighted by atomic mass is 9.85. The highest BCUT2D eigenvalue weighted by atomic mass is 19.2. The Balaban J connectivity index is 0.000000169. The molecule has 0 aliphatic carbocycles. The molecule has 8 aromatic rings. The number of amides is 7. The number of benzene rings is 6. The maximum atomic E-state index is 13.6. The summed E-state index contributed by atoms with van der Waals surface area (Å²) in [6.07, 6.45) is 17.1. The number of likely N-dealkylation sites (tertiary alicyclic amines) is 3. The van der Waals surface area contributed by atoms with Crippen LogP contribution in [0.15, 0.2) is 109 Å². The number of aromatic amines is 2. The van der Waals surface area contributed by atoms with E-state index in [9.17, 15) is 81.5 Å². The molecular formula is C104H141F12N17O8. The highest BCUT2D eigenvalue weighted by Gasteiger charge is 2.37. The Bertz CT molecular complexity index is 5310. The number of rotatable bonds is 19. The Morgan fingerprint density at radius 3 is 1.20 bits per heavy atom. The first-order valence-electron chi connectivity index (χ1n) is 49.5. The second-order valence-corrected chi connectivity index (χ2v) is 40.3. The van der Waals surface area contributed by atoms with Gasteiger partial charge in [-0.05, 0) is 262 Å². The minimum Gasteiger partial charge on any atom is -0.444 e. The van der Waals surface area contributed by atoms with E-state index >= 15 is 0 Å². The number of piperidine rings is 5. The topological polar surface area (TPSA) is 268 Å². The number of urea groups is 2. The Labute approximate surface area is 819 Å². The molecule has 0 radical (unpaired) electrons. The number of carbonyl (C=O) groups is 6. The van der Waals surface area contributed by atoms with Gasteiger partial charge in [0.15, 0.2) is 69.8 Å². The largest absolute Gasteiger partial charge is 0.444 e. The molecular weight excluding hydrogens is 1840 g/mol. The fourth-order valence-electron chi connectivity index (χ4n) is 19.2. The molecule has 8 aliphatic rings. The molecule has 9 N–H and O–H groups in total. The number of piperazine rings is 3. The predicted octanol–water partition coefficient (Wildman–Crippen LogP) is 18.4. The number of hydrogen-bond donors (Lipinski definition) is 8. The smallest absolute Gasteiger partial charge is 0.410 e. The number of hydrogen-bond acceptors (Lipinski definition) is 16. The van der Waals surface area contributed by atoms with Crippen molar-refractivity contribution < 1.29 is 90.9 Å². The monoisotopic (exact) mass is 1980 g/mol. The average molecular weight is 1990 g/mol. The van der Waals surface area contributed by atoms with Gasteiger partial charge in [-0.3, -0.25) is 14.5 Å². The first-order valence-corrected chi connectivity index (χ1v) is 49.5. The van der Waals surface area contributed by atoms with E-state index in [4.69, 9.17) is 15.2 Å². The molecule has 1 unspecified atom stereocenters. The van der Waals surface area contributed by atoms with Crippen molar-refractivity contribution in [3.8, 4) is 0 Å². The number of H-pyrrole nitrogens is 2. The van der Waals surface area contributed by atoms with Crippen LogP contribution >= 0.6 is 0 Å². The first kappa shape index (κ1) is 110. The Morgan fingerprint density at radius 1 is 0.418 bits per heavy atom. The number of ether oxygens (including phenoxy) is 2. The van der Waals surface area contributed by atoms with Gasteiger partial charge in [0, 0.05) is 254 Å². The van der Waals surface area contributed by atoms with Gasteiger partial charge >= 0.3 is 24.2 Å². The van der Waals surface area contributed by atoms with Gasteiger partial charge in [-0.1, -0.05) is 13.0 Å². The van der Waals surface area contributed by atoms with E-state index < -0.39 is 81.0 Å². The van der Waals surface area contributed by atoms with Gasteiger partial charge in [-0.25, -0.2) is 71.9 Å². The summed E-state index contributed by atoms with van der Waals surface area (Å²) in [4.78, 5) is 95.3. The number of nitrogens with one attached hydrogen (secondary N) is 7. The third-order valence-electron chi connectivity index (χ3n) is 27.2. The van der Waals surface area contributed by atoms with Crippen LogP contribution in [0.1, 0.15) is 169 Å². The van der Waals surface area contributed by atoms with Gasteiger partial charge in [0.1, 0.15) is 17.5 Å². The second kappa shape index (κ2) is 52.2. The number of aromatic nitrogens is 2. The molecule has 141 heavy (non-hydrogen) atoms. The van der Waals surface area contributed by atoms with E-state index in [1.165, 1.54) is 16.5 Å². The standard InChI is InChI=1S/C28H34F3N5O.C25H36F3N3O3.C19H27F3N4O.C12H24N2O2.C11H13F3N2.C9H7NO/c1-19-17-35(23-15-24(29)27(31)25(30)16-23)12-13-36(19)28(37)33-8-4-20-6-10-34(11-7-20)18-21-2-3-26-22(14-21)5-9-32-26;1-16-15-31(18-13-20(26)22(28)21(27)14-18)12-8-19(16)23(32)29-9-5-17-6-10-30(11-7-17)24(33)34-25(2,3)4;1-13-12-25(15-10-16(20)18(22)17(21)11-15)8-9-26(13)19(27)24-7-4-14-2-5-23-6-3-14;1-12(2,3)16-11(15)14-8-5-10(4-7-13)6-9-14;1-7-6-16(3-2-15-7)8-4-9(12)11(14)10(13)5-8;11-6-7-1-2-9-8(5-7)3-4-10-9/h2-3,5,9,14-16,19-20,32H,4,6-8,10-13,17-18H2,1H3,(H,33,37);13-14,16-17,19H,5-12,15H2,1-4H3,(H,29,32);10-11,13-14,23H,2-9,12H2,1H3,(H,24,27);10H,4-9,13H2,1-3H3;4-5,7,15H,2-3,6H2,1H3;1-6,10H/t19-;16-,19?;13-;;7-;/m111.1./s1. The Morgan fingerprint density at radius 2 is 0.801 bits per heavy atom. The zero-order valence-corrected chi connectivity index (χ0v) is 82.7. The normalized spacial score (nSPS) is 19.8. The first-order chi connectivity index (χ1) is 67.2. The number of anilines is 4. The zero-order valence-electron chi connectivity index (χ0n) is 82.7. The second-order valence-electron chi connectivity index (χ2n) is 40.3. The number of nitrogens with two attached hydrogens (primary N) is 1. The van der Waals surface area contributed by atoms with Crippen LogP contribution in [0.2, 0.25) is 0 Å². The summed E-state index contributed by atoms with van der Waals surface area (Å²) in [6, 6.07) is 24.1. The number of nitrogens with zero attached hydrogens (tertiary/aromatic N) is 9. The van der Waals surface area contributed by atoms with Gasteiger partial charge in [-0.15, -0.1) is 0 Å². The molecule has 774 valence electrons. The molecule has 0 bridgehead atoms. The lowest BCUT2D eigenvalue weighted by molar-refractivity contribution is -0.127. The molecule has 0 spiro atoms. The molecule has 6 aromatic carbocycles. The van der Waals surface area contributed by atoms with Crippen LogP contribution in [0, 0.1) is 105 Å². The molecule has 10 heterocycles. The molecule has 8 fully saturated rings. The van der Waals surface area contributed by atoms with E-state index in [1.54, 1.807) is 40.4 Å². The van der Waals surface area contributed by atoms with Crippen LogP contribution in [0.3, 0.4) is 0 Å². The number of aldehydes is 1. The van der Waals surface area contributed by atoms with Crippen molar-refractivity contribution >= 4 is 81.0 Å². The molecule has 37 heteroatoms. The maximum Gasteiger partial charge on any atom is 0.410 e. The third-order valence-corrected chi connectivity index (χ3v) is 27.2. The Hall–Kier alpha value is -11.2. The van der Waals surface area contributed by atoms with Gasteiger partial charge in [0.25, 0.3) is 0 Å². The maximum absolute atomic E-state index is 13.6. The minimum absolute atomic E-state index is 0.00481. The summed E-state index contributed by atoms with van der Waals surface area (Å²) in [7, 11) is 0. The lowest BCUT2D eigenvalue weighted by Crippen LogP contribution is -2.56. The van der Waals surface area contributed by atoms with Crippen molar-refractivity contribution in [1.82, 2.24) is 61.1 Å². The summed E-state index contributed by atoms with van der Waals surface area (Å²) >= 11 is 0. The van der Waals surface area contributed by atoms with Crippen LogP contribution in [0.4, 0.5) is 94.6 Å². The molecule has 25 nitrogen and oxygen atoms in total. The van der Waals surface area contributed by atoms with E-state index in [2.05, 4.69) is 65.7 Å². The summed E-state index contributed by atoms with van der Waals surface area (Å²) in [6.45, 7) is 35.3. The predicted molar refractivity (Wildman–Crippen MR) is 525 cm³/mol. The van der Waals surface area contributed by atoms with Crippen molar-refractivity contribution in [1.29, 1.82) is 0 Å². The van der Waals surface area contributed by atoms with E-state index in [0.717, 1.165) is 207 Å². The fourth-order valence-corrected chi connectivity index (χ4v) is 19.2. The van der Waals surface area contributed by atoms with Crippen LogP contribution in [0.25, 0.3) is 21.8 Å². The SMILES string of the molecule is CC(C)(C)OC(=O)N1CCC(CCN)CC1.C[C@@H]1CN(c2cc(F)c(F)c(F)c2)CCC1C(=O)NCCC1CCN(C(=O)OC(C)(C)C)CC1.C[C@@H]1CN(c2cc(F)c(F)c(F)c2)CCN1.C[C@@H]1CN(c2cc(F)c(F)c(F)c2)CCN1C(=O)NCCC1CCN(Cc2ccc3[nH]ccc3c2)CC1.C[C@@H]1CN(c2cc(F)c(F)c(F)c2)CCN1C(=O)NCCC1CCNCC1.O=Cc1ccc2[nH]ccc2c1. The summed E-state index contributed by atoms with van der Waals surface area (Å²) in [5, 5.41) is 18.0. The lowest BCUT2D eigenvalue weighted by Gasteiger charge is -2.41. The van der Waals surface area contributed by atoms with Crippen molar-refractivity contribution in [2.24, 2.45) is 41.2 Å². The third kappa shape index (κ3) is 32.9. The fraction of sp³-hybridized carbons (Fsp3) is 0.558. The highest BCUT2D eigenvalue weighted by molar-refractivity contribution is 5.87. The molecule has 8 saturated heterocycles. The van der Waals surface area contributed by atoms with Gasteiger partial charge < -0.3 is 91.0 Å².